The van der Waals surface area contributed by atoms with Crippen molar-refractivity contribution in [3.05, 3.63) is 64.3 Å². The van der Waals surface area contributed by atoms with Gasteiger partial charge in [-0.1, -0.05) is 18.2 Å². The summed E-state index contributed by atoms with van der Waals surface area (Å²) in [5.41, 5.74) is 0.888. The van der Waals surface area contributed by atoms with Gasteiger partial charge < -0.3 is 15.2 Å². The first-order valence-electron chi connectivity index (χ1n) is 10.1. The first-order chi connectivity index (χ1) is 15.3. The predicted octanol–water partition coefficient (Wildman–Crippen LogP) is 2.83. The number of hydrogen-bond acceptors (Lipinski definition) is 6. The van der Waals surface area contributed by atoms with Gasteiger partial charge in [-0.2, -0.15) is 4.31 Å². The summed E-state index contributed by atoms with van der Waals surface area (Å²) in [7, 11) is -3.87. The van der Waals surface area contributed by atoms with Gasteiger partial charge in [-0.15, -0.1) is 11.3 Å². The molecule has 1 fully saturated rings. The molecule has 2 N–H and O–H groups in total. The lowest BCUT2D eigenvalue weighted by atomic mass is 10.0. The van der Waals surface area contributed by atoms with Crippen LogP contribution in [0.2, 0.25) is 0 Å². The SMILES string of the molecule is Cc1cc(S(=O)(=O)N2CCOC(c3c(C(=O)NCCO)sc4ccccc34)C2)ccc1F. The molecular formula is C22H23FN2O5S2. The molecule has 1 aliphatic heterocycles. The molecule has 1 aromatic heterocycles. The topological polar surface area (TPSA) is 95.9 Å². The molecule has 10 heteroatoms. The van der Waals surface area contributed by atoms with Gasteiger partial charge >= 0.3 is 0 Å². The summed E-state index contributed by atoms with van der Waals surface area (Å²) in [6.45, 7) is 1.79. The van der Waals surface area contributed by atoms with Crippen molar-refractivity contribution in [3.63, 3.8) is 0 Å². The number of fused-ring (bicyclic) bond motifs is 1. The standard InChI is InChI=1S/C22H23FN2O5S2/c1-14-12-15(6-7-17(14)23)32(28,29)25-9-11-30-18(13-25)20-16-4-2-3-5-19(16)31-21(20)22(27)24-8-10-26/h2-7,12,18,26H,8-11,13H2,1H3,(H,24,27). The fourth-order valence-electron chi connectivity index (χ4n) is 3.75. The number of halogens is 1. The van der Waals surface area contributed by atoms with E-state index in [1.165, 1.54) is 34.7 Å². The first-order valence-corrected chi connectivity index (χ1v) is 12.4. The van der Waals surface area contributed by atoms with Gasteiger partial charge in [-0.25, -0.2) is 12.8 Å². The second-order valence-electron chi connectivity index (χ2n) is 7.45. The van der Waals surface area contributed by atoms with Crippen molar-refractivity contribution >= 4 is 37.4 Å². The van der Waals surface area contributed by atoms with Crippen LogP contribution in [0.15, 0.2) is 47.4 Å². The minimum absolute atomic E-state index is 0.0214. The number of aliphatic hydroxyl groups excluding tert-OH is 1. The zero-order chi connectivity index (χ0) is 22.9. The van der Waals surface area contributed by atoms with E-state index in [2.05, 4.69) is 5.32 Å². The number of benzene rings is 2. The molecule has 0 saturated carbocycles. The van der Waals surface area contributed by atoms with Crippen LogP contribution in [-0.4, -0.2) is 56.6 Å². The second kappa shape index (κ2) is 9.24. The average Bonchev–Trinajstić information content (AvgIpc) is 3.19. The Morgan fingerprint density at radius 3 is 2.84 bits per heavy atom. The quantitative estimate of drug-likeness (QED) is 0.568. The van der Waals surface area contributed by atoms with Crippen molar-refractivity contribution in [2.45, 2.75) is 17.9 Å². The minimum Gasteiger partial charge on any atom is -0.395 e. The van der Waals surface area contributed by atoms with E-state index in [1.807, 2.05) is 24.3 Å². The Hall–Kier alpha value is -2.37. The number of aliphatic hydroxyl groups is 1. The normalized spacial score (nSPS) is 17.5. The number of nitrogens with zero attached hydrogens (tertiary/aromatic N) is 1. The third kappa shape index (κ3) is 4.28. The summed E-state index contributed by atoms with van der Waals surface area (Å²) < 4.78 is 48.3. The molecule has 4 rings (SSSR count). The molecule has 0 aliphatic carbocycles. The Labute approximate surface area is 189 Å². The van der Waals surface area contributed by atoms with Gasteiger partial charge in [0.1, 0.15) is 5.82 Å². The van der Waals surface area contributed by atoms with Gasteiger partial charge in [0.15, 0.2) is 0 Å². The Kier molecular flexibility index (Phi) is 6.59. The highest BCUT2D eigenvalue weighted by Crippen LogP contribution is 2.39. The molecule has 0 spiro atoms. The van der Waals surface area contributed by atoms with E-state index >= 15 is 0 Å². The molecule has 0 radical (unpaired) electrons. The molecule has 170 valence electrons. The largest absolute Gasteiger partial charge is 0.395 e. The van der Waals surface area contributed by atoms with E-state index in [4.69, 9.17) is 9.84 Å². The molecule has 1 unspecified atom stereocenters. The van der Waals surface area contributed by atoms with Crippen LogP contribution < -0.4 is 5.32 Å². The van der Waals surface area contributed by atoms with Crippen LogP contribution in [0.25, 0.3) is 10.1 Å². The van der Waals surface area contributed by atoms with Crippen molar-refractivity contribution in [2.75, 3.05) is 32.8 Å². The molecule has 2 heterocycles. The Bertz CT molecular complexity index is 1260. The number of amides is 1. The number of hydrogen-bond donors (Lipinski definition) is 2. The third-order valence-corrected chi connectivity index (χ3v) is 8.40. The summed E-state index contributed by atoms with van der Waals surface area (Å²) in [6.07, 6.45) is -0.647. The summed E-state index contributed by atoms with van der Waals surface area (Å²) in [5.74, 6) is -0.805. The van der Waals surface area contributed by atoms with E-state index in [9.17, 15) is 17.6 Å². The summed E-state index contributed by atoms with van der Waals surface area (Å²) in [4.78, 5) is 13.2. The number of rotatable bonds is 6. The fraction of sp³-hybridized carbons (Fsp3) is 0.318. The van der Waals surface area contributed by atoms with Crippen LogP contribution in [0.5, 0.6) is 0 Å². The fourth-order valence-corrected chi connectivity index (χ4v) is 6.43. The third-order valence-electron chi connectivity index (χ3n) is 5.36. The van der Waals surface area contributed by atoms with Gasteiger partial charge in [0.25, 0.3) is 5.91 Å². The molecule has 32 heavy (non-hydrogen) atoms. The van der Waals surface area contributed by atoms with Crippen LogP contribution in [-0.2, 0) is 14.8 Å². The molecular weight excluding hydrogens is 455 g/mol. The van der Waals surface area contributed by atoms with E-state index in [-0.39, 0.29) is 49.2 Å². The minimum atomic E-state index is -3.87. The molecule has 1 saturated heterocycles. The van der Waals surface area contributed by atoms with E-state index in [0.717, 1.165) is 16.2 Å². The van der Waals surface area contributed by atoms with Gasteiger partial charge in [-0.3, -0.25) is 4.79 Å². The van der Waals surface area contributed by atoms with E-state index in [0.29, 0.717) is 10.4 Å². The smallest absolute Gasteiger partial charge is 0.261 e. The second-order valence-corrected chi connectivity index (χ2v) is 10.4. The number of nitrogens with one attached hydrogen (secondary N) is 1. The van der Waals surface area contributed by atoms with Crippen molar-refractivity contribution in [1.82, 2.24) is 9.62 Å². The molecule has 0 bridgehead atoms. The number of aryl methyl sites for hydroxylation is 1. The number of sulfonamides is 1. The molecule has 2 aromatic carbocycles. The van der Waals surface area contributed by atoms with Crippen LogP contribution >= 0.6 is 11.3 Å². The number of carbonyl (C=O) groups excluding carboxylic acids is 1. The molecule has 1 aliphatic rings. The molecule has 1 atom stereocenters. The number of ether oxygens (including phenoxy) is 1. The van der Waals surface area contributed by atoms with Gasteiger partial charge in [0.2, 0.25) is 10.0 Å². The highest BCUT2D eigenvalue weighted by atomic mass is 32.2. The molecule has 1 amide bonds. The van der Waals surface area contributed by atoms with Crippen LogP contribution in [0.1, 0.15) is 26.9 Å². The lowest BCUT2D eigenvalue weighted by molar-refractivity contribution is -0.00192. The molecule has 3 aromatic rings. The lowest BCUT2D eigenvalue weighted by Gasteiger charge is -2.32. The van der Waals surface area contributed by atoms with Gasteiger partial charge in [0, 0.05) is 29.9 Å². The van der Waals surface area contributed by atoms with Crippen LogP contribution in [0, 0.1) is 12.7 Å². The summed E-state index contributed by atoms with van der Waals surface area (Å²) >= 11 is 1.30. The first kappa shape index (κ1) is 22.8. The maximum Gasteiger partial charge on any atom is 0.261 e. The van der Waals surface area contributed by atoms with Gasteiger partial charge in [0.05, 0.1) is 29.1 Å². The van der Waals surface area contributed by atoms with E-state index < -0.39 is 21.9 Å². The Morgan fingerprint density at radius 1 is 1.31 bits per heavy atom. The molecule has 7 nitrogen and oxygen atoms in total. The van der Waals surface area contributed by atoms with Crippen molar-refractivity contribution in [1.29, 1.82) is 0 Å². The maximum absolute atomic E-state index is 13.7. The number of morpholine rings is 1. The van der Waals surface area contributed by atoms with Gasteiger partial charge in [-0.05, 0) is 42.1 Å². The number of thiophene rings is 1. The van der Waals surface area contributed by atoms with Crippen molar-refractivity contribution in [3.8, 4) is 0 Å². The average molecular weight is 479 g/mol. The maximum atomic E-state index is 13.7. The highest BCUT2D eigenvalue weighted by molar-refractivity contribution is 7.89. The van der Waals surface area contributed by atoms with Crippen LogP contribution in [0.3, 0.4) is 0 Å². The Balaban J connectivity index is 1.70. The van der Waals surface area contributed by atoms with Crippen molar-refractivity contribution < 1.29 is 27.4 Å². The van der Waals surface area contributed by atoms with Crippen molar-refractivity contribution in [2.24, 2.45) is 0 Å². The zero-order valence-electron chi connectivity index (χ0n) is 17.4. The van der Waals surface area contributed by atoms with Crippen LogP contribution in [0.4, 0.5) is 4.39 Å². The summed E-state index contributed by atoms with van der Waals surface area (Å²) in [5, 5.41) is 12.5. The van der Waals surface area contributed by atoms with E-state index in [1.54, 1.807) is 0 Å². The lowest BCUT2D eigenvalue weighted by Crippen LogP contribution is -2.42. The number of carbonyl (C=O) groups is 1. The summed E-state index contributed by atoms with van der Waals surface area (Å²) in [6, 6.07) is 11.2. The highest BCUT2D eigenvalue weighted by Gasteiger charge is 2.35. The Morgan fingerprint density at radius 2 is 2.09 bits per heavy atom. The monoisotopic (exact) mass is 478 g/mol. The predicted molar refractivity (Wildman–Crippen MR) is 120 cm³/mol. The zero-order valence-corrected chi connectivity index (χ0v) is 19.0.